The Hall–Kier alpha value is -2.58. The number of likely N-dealkylation sites (tertiary alicyclic amines) is 1. The lowest BCUT2D eigenvalue weighted by Crippen LogP contribution is -2.58. The molecule has 2 unspecified atom stereocenters. The smallest absolute Gasteiger partial charge is 0.310 e. The standard InChI is InChI=1S/C32H44N2O5S/c1-7-9-10-11-17-39-31(38)26-25-14-15-32(40-25)27(26)29(36)34(24(19-35)20(3)4)28(32)30(37)33(16-8-2)23-18-21(5)12-13-22(23)6/h7-8,12-13,18,20,24-28,35H,1-2,9-11,14-17,19H2,3-6H3/t24-,25-,26+,27-,28?,32?/m0/s1. The van der Waals surface area contributed by atoms with Gasteiger partial charge in [-0.15, -0.1) is 24.9 Å². The normalized spacial score (nSPS) is 27.6. The number of amides is 2. The molecule has 3 aliphatic heterocycles. The van der Waals surface area contributed by atoms with Crippen LogP contribution in [0.4, 0.5) is 5.69 Å². The molecule has 40 heavy (non-hydrogen) atoms. The van der Waals surface area contributed by atoms with Gasteiger partial charge in [0.05, 0.1) is 35.8 Å². The van der Waals surface area contributed by atoms with Crippen LogP contribution >= 0.6 is 11.8 Å². The number of carbonyl (C=O) groups excluding carboxylic acids is 3. The molecule has 218 valence electrons. The summed E-state index contributed by atoms with van der Waals surface area (Å²) in [7, 11) is 0. The van der Waals surface area contributed by atoms with Crippen LogP contribution in [-0.4, -0.2) is 69.6 Å². The Labute approximate surface area is 243 Å². The molecule has 4 rings (SSSR count). The van der Waals surface area contributed by atoms with Crippen LogP contribution < -0.4 is 4.90 Å². The predicted octanol–water partition coefficient (Wildman–Crippen LogP) is 4.83. The maximum Gasteiger partial charge on any atom is 0.310 e. The minimum Gasteiger partial charge on any atom is -0.465 e. The highest BCUT2D eigenvalue weighted by Gasteiger charge is 2.75. The zero-order chi connectivity index (χ0) is 29.2. The van der Waals surface area contributed by atoms with E-state index in [0.29, 0.717) is 13.0 Å². The minimum atomic E-state index is -0.801. The molecule has 1 N–H and O–H groups in total. The van der Waals surface area contributed by atoms with Crippen molar-refractivity contribution < 1.29 is 24.2 Å². The van der Waals surface area contributed by atoms with Crippen molar-refractivity contribution >= 4 is 35.2 Å². The molecule has 3 fully saturated rings. The van der Waals surface area contributed by atoms with Crippen molar-refractivity contribution in [3.63, 3.8) is 0 Å². The lowest BCUT2D eigenvalue weighted by molar-refractivity contribution is -0.154. The number of unbranched alkanes of at least 4 members (excludes halogenated alkanes) is 2. The Morgan fingerprint density at radius 2 is 2.00 bits per heavy atom. The maximum absolute atomic E-state index is 14.7. The molecule has 0 aromatic heterocycles. The number of allylic oxidation sites excluding steroid dienone is 1. The number of esters is 1. The second-order valence-electron chi connectivity index (χ2n) is 11.8. The first kappa shape index (κ1) is 30.4. The number of carbonyl (C=O) groups is 3. The summed E-state index contributed by atoms with van der Waals surface area (Å²) in [5.41, 5.74) is 2.77. The van der Waals surface area contributed by atoms with Crippen LogP contribution in [0, 0.1) is 31.6 Å². The van der Waals surface area contributed by atoms with Gasteiger partial charge in [-0.25, -0.2) is 0 Å². The zero-order valence-electron chi connectivity index (χ0n) is 24.3. The van der Waals surface area contributed by atoms with E-state index in [2.05, 4.69) is 13.2 Å². The van der Waals surface area contributed by atoms with E-state index in [-0.39, 0.29) is 42.1 Å². The Morgan fingerprint density at radius 3 is 2.65 bits per heavy atom. The monoisotopic (exact) mass is 568 g/mol. The van der Waals surface area contributed by atoms with Crippen LogP contribution in [0.3, 0.4) is 0 Å². The van der Waals surface area contributed by atoms with Crippen LogP contribution in [0.25, 0.3) is 0 Å². The highest BCUT2D eigenvalue weighted by atomic mass is 32.2. The molecule has 1 aromatic carbocycles. The van der Waals surface area contributed by atoms with E-state index >= 15 is 0 Å². The van der Waals surface area contributed by atoms with E-state index in [9.17, 15) is 19.5 Å². The van der Waals surface area contributed by atoms with Gasteiger partial charge in [-0.1, -0.05) is 38.1 Å². The summed E-state index contributed by atoms with van der Waals surface area (Å²) >= 11 is 1.62. The van der Waals surface area contributed by atoms with Gasteiger partial charge in [0.2, 0.25) is 5.91 Å². The maximum atomic E-state index is 14.7. The summed E-state index contributed by atoms with van der Waals surface area (Å²) in [5, 5.41) is 10.4. The van der Waals surface area contributed by atoms with Crippen LogP contribution in [0.2, 0.25) is 0 Å². The average molecular weight is 569 g/mol. The van der Waals surface area contributed by atoms with Gasteiger partial charge >= 0.3 is 5.97 Å². The number of aryl methyl sites for hydroxylation is 2. The number of fused-ring (bicyclic) bond motifs is 1. The molecule has 3 heterocycles. The van der Waals surface area contributed by atoms with Gasteiger partial charge in [0.1, 0.15) is 6.04 Å². The molecule has 3 aliphatic rings. The van der Waals surface area contributed by atoms with E-state index in [1.165, 1.54) is 0 Å². The molecule has 0 radical (unpaired) electrons. The molecule has 8 heteroatoms. The van der Waals surface area contributed by atoms with Crippen molar-refractivity contribution in [2.24, 2.45) is 17.8 Å². The van der Waals surface area contributed by atoms with Crippen LogP contribution in [0.1, 0.15) is 57.1 Å². The predicted molar refractivity (Wildman–Crippen MR) is 160 cm³/mol. The van der Waals surface area contributed by atoms with Gasteiger partial charge < -0.3 is 19.6 Å². The third-order valence-electron chi connectivity index (χ3n) is 8.84. The largest absolute Gasteiger partial charge is 0.465 e. The van der Waals surface area contributed by atoms with Gasteiger partial charge in [-0.2, -0.15) is 0 Å². The highest BCUT2D eigenvalue weighted by Crippen LogP contribution is 2.67. The number of ether oxygens (including phenoxy) is 1. The van der Waals surface area contributed by atoms with Crippen molar-refractivity contribution in [3.8, 4) is 0 Å². The summed E-state index contributed by atoms with van der Waals surface area (Å²) in [4.78, 5) is 45.9. The van der Waals surface area contributed by atoms with Crippen molar-refractivity contribution in [2.75, 3.05) is 24.7 Å². The third kappa shape index (κ3) is 5.25. The molecular formula is C32H44N2O5S. The van der Waals surface area contributed by atoms with Crippen LogP contribution in [0.15, 0.2) is 43.5 Å². The summed E-state index contributed by atoms with van der Waals surface area (Å²) in [6.45, 7) is 15.8. The molecule has 6 atom stereocenters. The molecule has 1 spiro atoms. The number of hydrogen-bond donors (Lipinski definition) is 1. The minimum absolute atomic E-state index is 0.0627. The van der Waals surface area contributed by atoms with Crippen LogP contribution in [-0.2, 0) is 19.1 Å². The molecular weight excluding hydrogens is 524 g/mol. The Morgan fingerprint density at radius 1 is 1.25 bits per heavy atom. The van der Waals surface area contributed by atoms with Gasteiger partial charge in [-0.3, -0.25) is 14.4 Å². The zero-order valence-corrected chi connectivity index (χ0v) is 25.1. The number of anilines is 1. The van der Waals surface area contributed by atoms with E-state index in [4.69, 9.17) is 4.74 Å². The number of hydrogen-bond acceptors (Lipinski definition) is 6. The number of nitrogens with zero attached hydrogens (tertiary/aromatic N) is 2. The van der Waals surface area contributed by atoms with E-state index in [1.807, 2.05) is 52.0 Å². The molecule has 0 aliphatic carbocycles. The Balaban J connectivity index is 1.74. The molecule has 2 amide bonds. The molecule has 2 bridgehead atoms. The number of benzene rings is 1. The van der Waals surface area contributed by atoms with Crippen LogP contribution in [0.5, 0.6) is 0 Å². The second-order valence-corrected chi connectivity index (χ2v) is 13.4. The topological polar surface area (TPSA) is 87.2 Å². The van der Waals surface area contributed by atoms with Crippen molar-refractivity contribution in [2.45, 2.75) is 81.9 Å². The lowest BCUT2D eigenvalue weighted by atomic mass is 9.71. The fourth-order valence-corrected chi connectivity index (χ4v) is 9.06. The summed E-state index contributed by atoms with van der Waals surface area (Å²) in [6.07, 6.45) is 7.46. The first-order valence-corrected chi connectivity index (χ1v) is 15.4. The first-order valence-electron chi connectivity index (χ1n) is 14.5. The van der Waals surface area contributed by atoms with Crippen molar-refractivity contribution in [3.05, 3.63) is 54.6 Å². The second kappa shape index (κ2) is 12.5. The quantitative estimate of drug-likeness (QED) is 0.208. The van der Waals surface area contributed by atoms with Gasteiger partial charge in [0.25, 0.3) is 5.91 Å². The SMILES string of the molecule is C=CCCCCOC(=O)[C@@H]1[C@@H]2CCC3(S2)C(C(=O)N(CC=C)c2cc(C)ccc2C)N([C@@H](CO)C(C)C)C(=O)[C@H]13. The van der Waals surface area contributed by atoms with Gasteiger partial charge in [0.15, 0.2) is 0 Å². The number of aliphatic hydroxyl groups excluding tert-OH is 1. The fourth-order valence-electron chi connectivity index (χ4n) is 6.87. The number of thioether (sulfide) groups is 1. The Kier molecular flexibility index (Phi) is 9.51. The fraction of sp³-hybridized carbons (Fsp3) is 0.594. The van der Waals surface area contributed by atoms with E-state index in [0.717, 1.165) is 42.5 Å². The summed E-state index contributed by atoms with van der Waals surface area (Å²) in [5.74, 6) is -2.06. The Bertz CT molecular complexity index is 1150. The van der Waals surface area contributed by atoms with E-state index < -0.39 is 28.7 Å². The third-order valence-corrected chi connectivity index (χ3v) is 10.8. The number of aliphatic hydroxyl groups is 1. The van der Waals surface area contributed by atoms with Crippen molar-refractivity contribution in [1.29, 1.82) is 0 Å². The summed E-state index contributed by atoms with van der Waals surface area (Å²) in [6, 6.07) is 4.66. The van der Waals surface area contributed by atoms with Gasteiger partial charge in [-0.05, 0) is 69.1 Å². The molecule has 7 nitrogen and oxygen atoms in total. The first-order chi connectivity index (χ1) is 19.1. The van der Waals surface area contributed by atoms with E-state index in [1.54, 1.807) is 27.6 Å². The highest BCUT2D eigenvalue weighted by molar-refractivity contribution is 8.02. The molecule has 0 saturated carbocycles. The van der Waals surface area contributed by atoms with Gasteiger partial charge in [0, 0.05) is 17.5 Å². The van der Waals surface area contributed by atoms with Crippen molar-refractivity contribution in [1.82, 2.24) is 4.90 Å². The number of rotatable bonds is 13. The molecule has 1 aromatic rings. The summed E-state index contributed by atoms with van der Waals surface area (Å²) < 4.78 is 4.97. The molecule has 3 saturated heterocycles. The average Bonchev–Trinajstić information content (AvgIpc) is 3.56. The lowest BCUT2D eigenvalue weighted by Gasteiger charge is -2.41.